The molecule has 2 aromatic carbocycles. The van der Waals surface area contributed by atoms with Crippen molar-refractivity contribution in [2.24, 2.45) is 17.3 Å². The lowest BCUT2D eigenvalue weighted by molar-refractivity contribution is -0.149. The lowest BCUT2D eigenvalue weighted by Gasteiger charge is -2.61. The minimum Gasteiger partial charge on any atom is -0.493 e. The average Bonchev–Trinajstić information content (AvgIpc) is 2.78. The van der Waals surface area contributed by atoms with E-state index in [9.17, 15) is 4.79 Å². The minimum absolute atomic E-state index is 0.183. The van der Waals surface area contributed by atoms with Gasteiger partial charge in [0, 0.05) is 6.54 Å². The Morgan fingerprint density at radius 2 is 1.68 bits per heavy atom. The van der Waals surface area contributed by atoms with Gasteiger partial charge in [-0.05, 0) is 85.5 Å². The third-order valence-electron chi connectivity index (χ3n) is 8.08. The molecule has 0 unspecified atom stereocenters. The molecule has 1 amide bonds. The van der Waals surface area contributed by atoms with E-state index >= 15 is 0 Å². The first-order valence-corrected chi connectivity index (χ1v) is 11.6. The second-order valence-electron chi connectivity index (χ2n) is 10.1. The van der Waals surface area contributed by atoms with Crippen molar-refractivity contribution in [2.45, 2.75) is 50.4 Å². The number of carbonyl (C=O) groups is 1. The van der Waals surface area contributed by atoms with E-state index in [1.54, 1.807) is 14.2 Å². The first-order chi connectivity index (χ1) is 15.1. The van der Waals surface area contributed by atoms with Crippen LogP contribution < -0.4 is 14.8 Å². The number of carbonyl (C=O) groups excluding carboxylic acids is 1. The van der Waals surface area contributed by atoms with Gasteiger partial charge in [0.25, 0.3) is 0 Å². The van der Waals surface area contributed by atoms with Crippen LogP contribution in [0.2, 0.25) is 0 Å². The Labute approximate surface area is 185 Å². The van der Waals surface area contributed by atoms with E-state index in [1.807, 2.05) is 18.2 Å². The first kappa shape index (κ1) is 20.4. The van der Waals surface area contributed by atoms with Crippen LogP contribution in [0.5, 0.6) is 11.5 Å². The van der Waals surface area contributed by atoms with E-state index in [2.05, 4.69) is 35.6 Å². The van der Waals surface area contributed by atoms with Crippen molar-refractivity contribution in [3.8, 4) is 11.5 Å². The van der Waals surface area contributed by atoms with Gasteiger partial charge < -0.3 is 14.8 Å². The molecule has 4 bridgehead atoms. The Hall–Kier alpha value is -2.49. The monoisotopic (exact) mass is 419 g/mol. The molecule has 4 heteroatoms. The highest BCUT2D eigenvalue weighted by molar-refractivity contribution is 5.83. The fourth-order valence-electron chi connectivity index (χ4n) is 7.20. The third-order valence-corrected chi connectivity index (χ3v) is 8.08. The van der Waals surface area contributed by atoms with Crippen molar-refractivity contribution < 1.29 is 14.3 Å². The molecule has 1 N–H and O–H groups in total. The van der Waals surface area contributed by atoms with Gasteiger partial charge in [-0.3, -0.25) is 4.79 Å². The predicted octanol–water partition coefficient (Wildman–Crippen LogP) is 4.90. The van der Waals surface area contributed by atoms with Gasteiger partial charge in [-0.1, -0.05) is 36.4 Å². The summed E-state index contributed by atoms with van der Waals surface area (Å²) in [4.78, 5) is 13.5. The number of hydrogen-bond donors (Lipinski definition) is 1. The number of methoxy groups -OCH3 is 2. The molecule has 4 aliphatic rings. The lowest BCUT2D eigenvalue weighted by atomic mass is 9.42. The van der Waals surface area contributed by atoms with Gasteiger partial charge in [0.15, 0.2) is 11.5 Å². The average molecular weight is 420 g/mol. The molecule has 6 rings (SSSR count). The van der Waals surface area contributed by atoms with Gasteiger partial charge in [-0.15, -0.1) is 0 Å². The van der Waals surface area contributed by atoms with Crippen LogP contribution in [-0.4, -0.2) is 26.7 Å². The second kappa shape index (κ2) is 7.89. The van der Waals surface area contributed by atoms with E-state index in [-0.39, 0.29) is 16.7 Å². The number of rotatable bonds is 7. The number of benzene rings is 2. The highest BCUT2D eigenvalue weighted by Crippen LogP contribution is 2.65. The Morgan fingerprint density at radius 1 is 0.968 bits per heavy atom. The Balaban J connectivity index is 1.28. The van der Waals surface area contributed by atoms with Crippen LogP contribution in [0.1, 0.15) is 49.7 Å². The van der Waals surface area contributed by atoms with Gasteiger partial charge in [0.1, 0.15) is 0 Å². The van der Waals surface area contributed by atoms with E-state index in [1.165, 1.54) is 24.8 Å². The summed E-state index contributed by atoms with van der Waals surface area (Å²) in [5.74, 6) is 3.13. The number of hydrogen-bond acceptors (Lipinski definition) is 3. The number of nitrogens with one attached hydrogen (secondary N) is 1. The van der Waals surface area contributed by atoms with Crippen LogP contribution in [0, 0.1) is 17.3 Å². The quantitative estimate of drug-likeness (QED) is 0.694. The molecular formula is C27H33NO3. The van der Waals surface area contributed by atoms with Crippen LogP contribution in [0.15, 0.2) is 48.5 Å². The molecule has 0 heterocycles. The largest absolute Gasteiger partial charge is 0.493 e. The predicted molar refractivity (Wildman–Crippen MR) is 121 cm³/mol. The molecule has 164 valence electrons. The molecule has 4 saturated carbocycles. The molecule has 2 atom stereocenters. The van der Waals surface area contributed by atoms with Gasteiger partial charge in [-0.25, -0.2) is 0 Å². The maximum Gasteiger partial charge on any atom is 0.226 e. The molecule has 4 aliphatic carbocycles. The maximum atomic E-state index is 13.5. The fraction of sp³-hybridized carbons (Fsp3) is 0.519. The van der Waals surface area contributed by atoms with Crippen LogP contribution in [0.3, 0.4) is 0 Å². The van der Waals surface area contributed by atoms with Gasteiger partial charge in [-0.2, -0.15) is 0 Å². The van der Waals surface area contributed by atoms with Crippen molar-refractivity contribution in [3.63, 3.8) is 0 Å². The maximum absolute atomic E-state index is 13.5. The standard InChI is InChI=1S/C27H33NO3/c1-30-23-9-8-19(13-24(23)31-2)10-11-28-25(29)27-16-20-12-21(17-27)15-26(14-20,18-27)22-6-4-3-5-7-22/h3-9,13,20-21H,10-12,14-18H2,1-2H3,(H,28,29)/t20-,21-,26?,27?/m1/s1. The Kier molecular flexibility index (Phi) is 5.19. The fourth-order valence-corrected chi connectivity index (χ4v) is 7.20. The molecule has 0 saturated heterocycles. The van der Waals surface area contributed by atoms with Crippen molar-refractivity contribution in [3.05, 3.63) is 59.7 Å². The highest BCUT2D eigenvalue weighted by Gasteiger charge is 2.60. The zero-order valence-electron chi connectivity index (χ0n) is 18.7. The zero-order valence-corrected chi connectivity index (χ0v) is 18.7. The highest BCUT2D eigenvalue weighted by atomic mass is 16.5. The molecule has 4 nitrogen and oxygen atoms in total. The van der Waals surface area contributed by atoms with E-state index in [4.69, 9.17) is 9.47 Å². The summed E-state index contributed by atoms with van der Waals surface area (Å²) >= 11 is 0. The van der Waals surface area contributed by atoms with Crippen LogP contribution in [0.4, 0.5) is 0 Å². The zero-order chi connectivity index (χ0) is 21.5. The van der Waals surface area contributed by atoms with Crippen molar-refractivity contribution in [1.82, 2.24) is 5.32 Å². The number of ether oxygens (including phenoxy) is 2. The Morgan fingerprint density at radius 3 is 2.35 bits per heavy atom. The SMILES string of the molecule is COc1ccc(CCNC(=O)C23C[C@@H]4C[C@@H](C2)CC(c2ccccc2)(C4)C3)cc1OC. The van der Waals surface area contributed by atoms with Crippen LogP contribution in [0.25, 0.3) is 0 Å². The minimum atomic E-state index is -0.183. The summed E-state index contributed by atoms with van der Waals surface area (Å²) in [6.07, 6.45) is 7.77. The molecule has 0 aliphatic heterocycles. The molecular weight excluding hydrogens is 386 g/mol. The molecule has 0 radical (unpaired) electrons. The van der Waals surface area contributed by atoms with Gasteiger partial charge in [0.2, 0.25) is 5.91 Å². The first-order valence-electron chi connectivity index (χ1n) is 11.6. The summed E-state index contributed by atoms with van der Waals surface area (Å²) in [5.41, 5.74) is 2.61. The summed E-state index contributed by atoms with van der Waals surface area (Å²) in [5, 5.41) is 3.31. The summed E-state index contributed by atoms with van der Waals surface area (Å²) in [6.45, 7) is 0.656. The third kappa shape index (κ3) is 3.60. The summed E-state index contributed by atoms with van der Waals surface area (Å²) < 4.78 is 10.7. The summed E-state index contributed by atoms with van der Waals surface area (Å²) in [7, 11) is 3.30. The van der Waals surface area contributed by atoms with E-state index < -0.39 is 0 Å². The Bertz CT molecular complexity index is 940. The lowest BCUT2D eigenvalue weighted by Crippen LogP contribution is -2.59. The molecule has 4 fully saturated rings. The summed E-state index contributed by atoms with van der Waals surface area (Å²) in [6, 6.07) is 17.0. The molecule has 0 aromatic heterocycles. The smallest absolute Gasteiger partial charge is 0.226 e. The molecule has 0 spiro atoms. The van der Waals surface area contributed by atoms with Crippen molar-refractivity contribution in [2.75, 3.05) is 20.8 Å². The second-order valence-corrected chi connectivity index (χ2v) is 10.1. The van der Waals surface area contributed by atoms with E-state index in [0.29, 0.717) is 18.4 Å². The normalized spacial score (nSPS) is 30.8. The molecule has 31 heavy (non-hydrogen) atoms. The number of amides is 1. The van der Waals surface area contributed by atoms with Crippen LogP contribution >= 0.6 is 0 Å². The topological polar surface area (TPSA) is 47.6 Å². The van der Waals surface area contributed by atoms with Gasteiger partial charge >= 0.3 is 0 Å². The van der Waals surface area contributed by atoms with Gasteiger partial charge in [0.05, 0.1) is 19.6 Å². The van der Waals surface area contributed by atoms with E-state index in [0.717, 1.165) is 42.7 Å². The molecule has 2 aromatic rings. The van der Waals surface area contributed by atoms with Crippen molar-refractivity contribution >= 4 is 5.91 Å². The van der Waals surface area contributed by atoms with Crippen LogP contribution in [-0.2, 0) is 16.6 Å². The van der Waals surface area contributed by atoms with Crippen molar-refractivity contribution in [1.29, 1.82) is 0 Å².